The Balaban J connectivity index is 1.81. The van der Waals surface area contributed by atoms with Crippen molar-refractivity contribution < 1.29 is 26.4 Å². The first-order chi connectivity index (χ1) is 12.6. The van der Waals surface area contributed by atoms with Crippen molar-refractivity contribution in [2.45, 2.75) is 17.5 Å². The average Bonchev–Trinajstić information content (AvgIpc) is 2.55. The lowest BCUT2D eigenvalue weighted by molar-refractivity contribution is -0.137. The number of anilines is 2. The maximum absolute atomic E-state index is 13.1. The number of hydrogen-bond donors (Lipinski definition) is 2. The number of amidine groups is 1. The molecule has 0 spiro atoms. The van der Waals surface area contributed by atoms with Gasteiger partial charge in [-0.1, -0.05) is 23.7 Å². The summed E-state index contributed by atoms with van der Waals surface area (Å²) in [6, 6.07) is 8.85. The first-order valence-corrected chi connectivity index (χ1v) is 9.24. The summed E-state index contributed by atoms with van der Waals surface area (Å²) in [7, 11) is -4.00. The predicted octanol–water partition coefficient (Wildman–Crippen LogP) is 3.90. The van der Waals surface area contributed by atoms with E-state index in [-0.39, 0.29) is 21.4 Å². The van der Waals surface area contributed by atoms with Crippen LogP contribution in [-0.2, 0) is 21.0 Å². The second-order valence-electron chi connectivity index (χ2n) is 5.55. The van der Waals surface area contributed by atoms with Crippen molar-refractivity contribution >= 4 is 44.7 Å². The number of fused-ring (bicyclic) bond motifs is 1. The van der Waals surface area contributed by atoms with E-state index >= 15 is 0 Å². The fourth-order valence-corrected chi connectivity index (χ4v) is 3.77. The van der Waals surface area contributed by atoms with Gasteiger partial charge >= 0.3 is 6.18 Å². The number of rotatable bonds is 3. The van der Waals surface area contributed by atoms with Gasteiger partial charge in [-0.05, 0) is 30.3 Å². The van der Waals surface area contributed by atoms with E-state index in [9.17, 15) is 26.4 Å². The first kappa shape index (κ1) is 19.2. The third-order valence-electron chi connectivity index (χ3n) is 3.56. The van der Waals surface area contributed by atoms with E-state index in [1.807, 2.05) is 0 Å². The van der Waals surface area contributed by atoms with Gasteiger partial charge in [0, 0.05) is 5.02 Å². The Hall–Kier alpha value is -2.59. The molecule has 0 bridgehead atoms. The molecule has 2 N–H and O–H groups in total. The van der Waals surface area contributed by atoms with Crippen molar-refractivity contribution in [3.63, 3.8) is 0 Å². The van der Waals surface area contributed by atoms with Crippen molar-refractivity contribution in [2.24, 2.45) is 4.40 Å². The fourth-order valence-electron chi connectivity index (χ4n) is 2.45. The molecule has 6 nitrogen and oxygen atoms in total. The van der Waals surface area contributed by atoms with Crippen LogP contribution in [0.15, 0.2) is 51.8 Å². The SMILES string of the molecule is O=C(CC1=NS(=O)(=O)c2ccccc2N1)Nc1ccc(Cl)cc1C(F)(F)F. The molecule has 2 aromatic carbocycles. The molecular formula is C16H11ClF3N3O3S. The molecule has 1 amide bonds. The Labute approximate surface area is 157 Å². The minimum absolute atomic E-state index is 0.0498. The van der Waals surface area contributed by atoms with Crippen LogP contribution < -0.4 is 10.6 Å². The number of halogens is 4. The van der Waals surface area contributed by atoms with Gasteiger partial charge < -0.3 is 10.6 Å². The molecule has 0 radical (unpaired) electrons. The zero-order valence-corrected chi connectivity index (χ0v) is 14.9. The minimum atomic E-state index is -4.73. The second-order valence-corrected chi connectivity index (χ2v) is 7.56. The van der Waals surface area contributed by atoms with Crippen molar-refractivity contribution in [3.8, 4) is 0 Å². The summed E-state index contributed by atoms with van der Waals surface area (Å²) in [4.78, 5) is 12.1. The lowest BCUT2D eigenvalue weighted by Gasteiger charge is -2.18. The van der Waals surface area contributed by atoms with E-state index in [1.54, 1.807) is 6.07 Å². The summed E-state index contributed by atoms with van der Waals surface area (Å²) in [5.74, 6) is -1.07. The normalized spacial score (nSPS) is 15.3. The van der Waals surface area contributed by atoms with Crippen LogP contribution in [0.25, 0.3) is 0 Å². The lowest BCUT2D eigenvalue weighted by atomic mass is 10.1. The van der Waals surface area contributed by atoms with Crippen LogP contribution in [0.1, 0.15) is 12.0 Å². The van der Waals surface area contributed by atoms with E-state index in [2.05, 4.69) is 15.0 Å². The summed E-state index contributed by atoms with van der Waals surface area (Å²) in [6.07, 6.45) is -5.29. The highest BCUT2D eigenvalue weighted by molar-refractivity contribution is 7.90. The van der Waals surface area contributed by atoms with E-state index < -0.39 is 39.8 Å². The quantitative estimate of drug-likeness (QED) is 0.792. The van der Waals surface area contributed by atoms with Gasteiger partial charge in [-0.2, -0.15) is 21.6 Å². The van der Waals surface area contributed by atoms with Crippen molar-refractivity contribution in [1.82, 2.24) is 0 Å². The van der Waals surface area contributed by atoms with Gasteiger partial charge in [-0.3, -0.25) is 4.79 Å². The van der Waals surface area contributed by atoms with Crippen LogP contribution in [0.4, 0.5) is 24.5 Å². The number of carbonyl (C=O) groups excluding carboxylic acids is 1. The molecule has 11 heteroatoms. The summed E-state index contributed by atoms with van der Waals surface area (Å²) >= 11 is 5.59. The number of nitrogens with one attached hydrogen (secondary N) is 2. The smallest absolute Gasteiger partial charge is 0.341 e. The van der Waals surface area contributed by atoms with Crippen LogP contribution in [-0.4, -0.2) is 20.2 Å². The third-order valence-corrected chi connectivity index (χ3v) is 5.17. The van der Waals surface area contributed by atoms with E-state index in [0.29, 0.717) is 6.07 Å². The number of alkyl halides is 3. The van der Waals surface area contributed by atoms with E-state index in [0.717, 1.165) is 6.07 Å². The average molecular weight is 418 g/mol. The number of carbonyl (C=O) groups is 1. The molecule has 0 saturated carbocycles. The van der Waals surface area contributed by atoms with Gasteiger partial charge in [0.25, 0.3) is 10.0 Å². The topological polar surface area (TPSA) is 87.6 Å². The molecule has 0 saturated heterocycles. The maximum atomic E-state index is 13.1. The largest absolute Gasteiger partial charge is 0.418 e. The Kier molecular flexibility index (Phi) is 4.87. The van der Waals surface area contributed by atoms with Gasteiger partial charge in [0.1, 0.15) is 10.7 Å². The molecule has 0 fully saturated rings. The van der Waals surface area contributed by atoms with Crippen molar-refractivity contribution in [2.75, 3.05) is 10.6 Å². The zero-order chi connectivity index (χ0) is 19.8. The number of para-hydroxylation sites is 1. The van der Waals surface area contributed by atoms with Crippen LogP contribution >= 0.6 is 11.6 Å². The monoisotopic (exact) mass is 417 g/mol. The van der Waals surface area contributed by atoms with E-state index in [4.69, 9.17) is 11.6 Å². The van der Waals surface area contributed by atoms with Crippen LogP contribution in [0.5, 0.6) is 0 Å². The van der Waals surface area contributed by atoms with Crippen molar-refractivity contribution in [3.05, 3.63) is 53.1 Å². The molecule has 2 aromatic rings. The van der Waals surface area contributed by atoms with Crippen LogP contribution in [0.3, 0.4) is 0 Å². The molecule has 1 aliphatic heterocycles. The summed E-state index contributed by atoms with van der Waals surface area (Å²) in [5, 5.41) is 4.66. The third kappa shape index (κ3) is 4.22. The van der Waals surface area contributed by atoms with Crippen LogP contribution in [0.2, 0.25) is 5.02 Å². The van der Waals surface area contributed by atoms with Gasteiger partial charge in [0.15, 0.2) is 0 Å². The molecular weight excluding hydrogens is 407 g/mol. The molecule has 0 aromatic heterocycles. The predicted molar refractivity (Wildman–Crippen MR) is 94.4 cm³/mol. The Bertz CT molecular complexity index is 1050. The lowest BCUT2D eigenvalue weighted by Crippen LogP contribution is -2.27. The van der Waals surface area contributed by atoms with Gasteiger partial charge in [0.2, 0.25) is 5.91 Å². The Morgan fingerprint density at radius 3 is 2.59 bits per heavy atom. The number of hydrogen-bond acceptors (Lipinski definition) is 4. The molecule has 0 aliphatic carbocycles. The van der Waals surface area contributed by atoms with Crippen LogP contribution in [0, 0.1) is 0 Å². The minimum Gasteiger partial charge on any atom is -0.341 e. The zero-order valence-electron chi connectivity index (χ0n) is 13.3. The molecule has 1 aliphatic rings. The molecule has 3 rings (SSSR count). The highest BCUT2D eigenvalue weighted by Gasteiger charge is 2.34. The summed E-state index contributed by atoms with van der Waals surface area (Å²) in [5.41, 5.74) is -1.37. The number of sulfonamides is 1. The number of amides is 1. The Morgan fingerprint density at radius 1 is 1.19 bits per heavy atom. The van der Waals surface area contributed by atoms with Crippen molar-refractivity contribution in [1.29, 1.82) is 0 Å². The second kappa shape index (κ2) is 6.86. The number of benzene rings is 2. The molecule has 1 heterocycles. The standard InChI is InChI=1S/C16H11ClF3N3O3S/c17-9-5-6-11(10(7-9)16(18,19)20)22-15(24)8-14-21-12-3-1-2-4-13(12)27(25,26)23-14/h1-7H,8H2,(H,21,23)(H,22,24). The molecule has 0 unspecified atom stereocenters. The number of nitrogens with zero attached hydrogens (tertiary/aromatic N) is 1. The fraction of sp³-hybridized carbons (Fsp3) is 0.125. The Morgan fingerprint density at radius 2 is 1.89 bits per heavy atom. The summed E-state index contributed by atoms with van der Waals surface area (Å²) in [6.45, 7) is 0. The molecule has 142 valence electrons. The highest BCUT2D eigenvalue weighted by Crippen LogP contribution is 2.36. The molecule has 27 heavy (non-hydrogen) atoms. The summed E-state index contributed by atoms with van der Waals surface area (Å²) < 4.78 is 67.0. The van der Waals surface area contributed by atoms with Gasteiger partial charge in [0.05, 0.1) is 23.4 Å². The maximum Gasteiger partial charge on any atom is 0.418 e. The van der Waals surface area contributed by atoms with E-state index in [1.165, 1.54) is 24.3 Å². The highest BCUT2D eigenvalue weighted by atomic mass is 35.5. The first-order valence-electron chi connectivity index (χ1n) is 7.43. The van der Waals surface area contributed by atoms with Gasteiger partial charge in [-0.25, -0.2) is 0 Å². The van der Waals surface area contributed by atoms with Gasteiger partial charge in [-0.15, -0.1) is 4.40 Å². The molecule has 0 atom stereocenters.